The minimum Gasteiger partial charge on any atom is -0.481 e. The first-order valence-corrected chi connectivity index (χ1v) is 19.9. The Morgan fingerprint density at radius 2 is 1.72 bits per heavy atom. The Hall–Kier alpha value is -4.20. The fourth-order valence-corrected chi connectivity index (χ4v) is 8.70. The number of aryl methyl sites for hydroxylation is 1. The number of carboxylic acids is 1. The predicted molar refractivity (Wildman–Crippen MR) is 180 cm³/mol. The molecule has 0 saturated heterocycles. The van der Waals surface area contributed by atoms with Gasteiger partial charge in [0.15, 0.2) is 17.0 Å². The molecule has 0 spiro atoms. The smallest absolute Gasteiger partial charge is 0.303 e. The van der Waals surface area contributed by atoms with Crippen LogP contribution in [0.1, 0.15) is 49.8 Å². The summed E-state index contributed by atoms with van der Waals surface area (Å²) in [5.74, 6) is -0.862. The Kier molecular flexibility index (Phi) is 8.93. The lowest BCUT2D eigenvalue weighted by Gasteiger charge is -2.33. The van der Waals surface area contributed by atoms with Crippen LogP contribution in [0.15, 0.2) is 63.3 Å². The molecule has 3 heterocycles. The minimum atomic E-state index is -4.86. The van der Waals surface area contributed by atoms with Gasteiger partial charge in [-0.25, -0.2) is 9.57 Å². The molecule has 0 fully saturated rings. The van der Waals surface area contributed by atoms with Crippen LogP contribution < -0.4 is 24.9 Å². The van der Waals surface area contributed by atoms with E-state index in [1.54, 1.807) is 24.3 Å². The molecule has 0 saturated carbocycles. The normalized spacial score (nSPS) is 16.6. The second-order valence-corrected chi connectivity index (χ2v) is 17.2. The number of nitrogens with zero attached hydrogens (tertiary/aromatic N) is 3. The van der Waals surface area contributed by atoms with Crippen molar-refractivity contribution in [2.24, 2.45) is 4.99 Å². The van der Waals surface area contributed by atoms with E-state index in [-0.39, 0.29) is 18.5 Å². The van der Waals surface area contributed by atoms with E-state index in [2.05, 4.69) is 0 Å². The van der Waals surface area contributed by atoms with Gasteiger partial charge in [0.2, 0.25) is 5.36 Å². The highest BCUT2D eigenvalue weighted by Crippen LogP contribution is 2.42. The van der Waals surface area contributed by atoms with Gasteiger partial charge in [0.05, 0.1) is 22.9 Å². The van der Waals surface area contributed by atoms with Gasteiger partial charge in [-0.2, -0.15) is 25.3 Å². The number of carboxylic acid groups (broad SMARTS) is 1. The molecule has 15 nitrogen and oxygen atoms in total. The molecule has 3 aromatic rings. The third-order valence-corrected chi connectivity index (χ3v) is 11.3. The molecule has 0 amide bonds. The highest BCUT2D eigenvalue weighted by Gasteiger charge is 2.36. The van der Waals surface area contributed by atoms with E-state index in [4.69, 9.17) is 9.73 Å². The van der Waals surface area contributed by atoms with Gasteiger partial charge >= 0.3 is 5.97 Å². The van der Waals surface area contributed by atoms with E-state index in [0.29, 0.717) is 83.1 Å². The largest absolute Gasteiger partial charge is 0.481 e. The summed E-state index contributed by atoms with van der Waals surface area (Å²) in [6.07, 6.45) is 3.30. The molecule has 3 aromatic carbocycles. The summed E-state index contributed by atoms with van der Waals surface area (Å²) in [7, 11) is -14.0. The molecule has 3 aliphatic rings. The van der Waals surface area contributed by atoms with Crippen LogP contribution in [0.5, 0.6) is 11.5 Å². The van der Waals surface area contributed by atoms with Crippen LogP contribution in [0.3, 0.4) is 0 Å². The van der Waals surface area contributed by atoms with Crippen molar-refractivity contribution in [2.75, 3.05) is 23.7 Å². The number of ether oxygens (including phenoxy) is 1. The lowest BCUT2D eigenvalue weighted by Crippen LogP contribution is -2.50. The maximum absolute atomic E-state index is 12.2. The van der Waals surface area contributed by atoms with Crippen LogP contribution in [0.4, 0.5) is 11.4 Å². The Bertz CT molecular complexity index is 2460. The predicted octanol–water partition coefficient (Wildman–Crippen LogP) is 2.61. The molecular weight excluding hydrogens is 715 g/mol. The SMILES string of the molecule is CC1(C)C=C(CS(=O)(=O)O)c2cc3c(cc2=[N+]1CCCC(=O)O)Oc1cc2c(cc1N=3)CCCN2Cc1ccc(S(=O)(=O)O)cc1S(=O)(=O)O. The van der Waals surface area contributed by atoms with Crippen molar-refractivity contribution in [1.29, 1.82) is 0 Å². The van der Waals surface area contributed by atoms with Crippen LogP contribution in [-0.2, 0) is 48.1 Å². The van der Waals surface area contributed by atoms with Crippen molar-refractivity contribution in [2.45, 2.75) is 61.4 Å². The highest BCUT2D eigenvalue weighted by molar-refractivity contribution is 7.86. The van der Waals surface area contributed by atoms with Crippen molar-refractivity contribution < 1.29 is 53.5 Å². The Balaban J connectivity index is 1.43. The number of aliphatic carboxylic acids is 1. The summed E-state index contributed by atoms with van der Waals surface area (Å²) in [5.41, 5.74) is 2.26. The average Bonchev–Trinajstić information content (AvgIpc) is 2.98. The summed E-state index contributed by atoms with van der Waals surface area (Å²) in [6.45, 7) is 4.49. The Labute approximate surface area is 288 Å². The number of rotatable bonds is 10. The number of carbonyl (C=O) groups is 1. The van der Waals surface area contributed by atoms with Crippen molar-refractivity contribution in [3.63, 3.8) is 0 Å². The van der Waals surface area contributed by atoms with E-state index < -0.39 is 57.4 Å². The second-order valence-electron chi connectivity index (χ2n) is 12.9. The van der Waals surface area contributed by atoms with Crippen LogP contribution in [0.2, 0.25) is 0 Å². The van der Waals surface area contributed by atoms with Crippen LogP contribution in [0.25, 0.3) is 5.57 Å². The highest BCUT2D eigenvalue weighted by atomic mass is 32.2. The summed E-state index contributed by atoms with van der Waals surface area (Å²) in [4.78, 5) is 16.6. The zero-order valence-corrected chi connectivity index (χ0v) is 29.3. The number of anilines is 1. The van der Waals surface area contributed by atoms with E-state index in [1.165, 1.54) is 6.07 Å². The van der Waals surface area contributed by atoms with Gasteiger partial charge in [0, 0.05) is 45.1 Å². The lowest BCUT2D eigenvalue weighted by atomic mass is 9.91. The molecule has 4 N–H and O–H groups in total. The van der Waals surface area contributed by atoms with Crippen LogP contribution >= 0.6 is 0 Å². The molecule has 3 aliphatic heterocycles. The van der Waals surface area contributed by atoms with Crippen LogP contribution in [0, 0.1) is 0 Å². The Morgan fingerprint density at radius 1 is 0.980 bits per heavy atom. The fourth-order valence-electron chi connectivity index (χ4n) is 6.74. The molecule has 0 aliphatic carbocycles. The van der Waals surface area contributed by atoms with Crippen molar-refractivity contribution in [3.05, 3.63) is 75.9 Å². The van der Waals surface area contributed by atoms with Gasteiger partial charge in [0.25, 0.3) is 30.4 Å². The number of benzene rings is 3. The van der Waals surface area contributed by atoms with Gasteiger partial charge in [-0.3, -0.25) is 18.5 Å². The van der Waals surface area contributed by atoms with Gasteiger partial charge < -0.3 is 14.7 Å². The van der Waals surface area contributed by atoms with E-state index in [9.17, 15) is 48.8 Å². The maximum atomic E-state index is 12.2. The molecule has 0 atom stereocenters. The first-order valence-electron chi connectivity index (χ1n) is 15.4. The van der Waals surface area contributed by atoms with Gasteiger partial charge in [0.1, 0.15) is 28.2 Å². The van der Waals surface area contributed by atoms with Gasteiger partial charge in [-0.1, -0.05) is 6.07 Å². The summed E-state index contributed by atoms with van der Waals surface area (Å²) >= 11 is 0. The monoisotopic (exact) mass is 748 g/mol. The first-order chi connectivity index (χ1) is 23.2. The summed E-state index contributed by atoms with van der Waals surface area (Å²) in [5, 5.41) is 10.2. The molecule has 0 radical (unpaired) electrons. The molecule has 6 rings (SSSR count). The molecule has 18 heteroatoms. The zero-order valence-electron chi connectivity index (χ0n) is 26.9. The number of fused-ring (bicyclic) bond motifs is 4. The van der Waals surface area contributed by atoms with E-state index in [0.717, 1.165) is 11.6 Å². The van der Waals surface area contributed by atoms with E-state index >= 15 is 0 Å². The van der Waals surface area contributed by atoms with Gasteiger partial charge in [-0.05, 0) is 59.9 Å². The third kappa shape index (κ3) is 7.31. The molecule has 0 bridgehead atoms. The standard InChI is InChI=1S/C32H33N3O12S3/c1-32(2)16-21(18-48(38,39)40)23-13-25-29(15-27(23)35(32)10-4-6-31(36)37)47-28-14-26-19(11-24(28)33-25)5-3-9-34(26)17-20-7-8-22(49(41,42)43)12-30(20)50(44,45)46/h7-8,11-16H,3-6,9-10,17-18H2,1-2H3,(H3-,36,37,38,39,40,41,42,43,44,45,46)/p+1. The quantitative estimate of drug-likeness (QED) is 0.135. The zero-order chi connectivity index (χ0) is 36.4. The van der Waals surface area contributed by atoms with Crippen molar-refractivity contribution >= 4 is 53.3 Å². The van der Waals surface area contributed by atoms with E-state index in [1.807, 2.05) is 29.4 Å². The molecular formula is C32H34N3O12S3+. The lowest BCUT2D eigenvalue weighted by molar-refractivity contribution is -0.137. The molecule has 266 valence electrons. The fraction of sp³-hybridized carbons (Fsp3) is 0.344. The van der Waals surface area contributed by atoms with Gasteiger partial charge in [-0.15, -0.1) is 0 Å². The number of hydrogen-bond donors (Lipinski definition) is 4. The molecule has 0 unspecified atom stereocenters. The van der Waals surface area contributed by atoms with Crippen molar-refractivity contribution in [1.82, 2.24) is 4.58 Å². The second kappa shape index (κ2) is 12.5. The van der Waals surface area contributed by atoms with Crippen molar-refractivity contribution in [3.8, 4) is 11.5 Å². The Morgan fingerprint density at radius 3 is 2.38 bits per heavy atom. The summed E-state index contributed by atoms with van der Waals surface area (Å²) < 4.78 is 109. The average molecular weight is 749 g/mol. The summed E-state index contributed by atoms with van der Waals surface area (Å²) in [6, 6.07) is 9.97. The molecule has 0 aromatic heterocycles. The minimum absolute atomic E-state index is 0.0306. The third-order valence-electron chi connectivity index (χ3n) is 8.86. The molecule has 50 heavy (non-hydrogen) atoms. The topological polar surface area (TPSA) is 228 Å². The first kappa shape index (κ1) is 35.6. The van der Waals surface area contributed by atoms with Crippen LogP contribution in [-0.4, -0.2) is 74.4 Å². The number of hydrogen-bond acceptors (Lipinski definition) is 10. The maximum Gasteiger partial charge on any atom is 0.303 e.